The first-order valence-corrected chi connectivity index (χ1v) is 6.17. The summed E-state index contributed by atoms with van der Waals surface area (Å²) in [6.45, 7) is 2.22. The van der Waals surface area contributed by atoms with Crippen molar-refractivity contribution in [2.75, 3.05) is 0 Å². The van der Waals surface area contributed by atoms with E-state index >= 15 is 0 Å². The highest BCUT2D eigenvalue weighted by Crippen LogP contribution is 2.11. The van der Waals surface area contributed by atoms with Crippen LogP contribution in [-0.2, 0) is 4.79 Å². The third-order valence-corrected chi connectivity index (χ3v) is 2.92. The normalized spacial score (nSPS) is 11.9. The van der Waals surface area contributed by atoms with E-state index in [9.17, 15) is 4.79 Å². The molecule has 1 unspecified atom stereocenters. The molecule has 4 heteroatoms. The van der Waals surface area contributed by atoms with Crippen LogP contribution >= 0.6 is 25.0 Å². The van der Waals surface area contributed by atoms with Gasteiger partial charge in [-0.15, -0.1) is 12.4 Å². The second kappa shape index (κ2) is 12.2. The Kier molecular flexibility index (Phi) is 14.2. The fourth-order valence-corrected chi connectivity index (χ4v) is 1.62. The van der Waals surface area contributed by atoms with E-state index in [1.807, 2.05) is 0 Å². The molecule has 0 bridgehead atoms. The molecular weight excluding hydrogens is 230 g/mol. The smallest absolute Gasteiger partial charge is 0.230 e. The Bertz CT molecular complexity index is 156. The molecule has 0 aromatic heterocycles. The average Bonchev–Trinajstić information content (AvgIpc) is 2.16. The number of carbonyl (C=O) groups excluding carboxylic acids is 1. The minimum Gasteiger partial charge on any atom is -0.369 e. The van der Waals surface area contributed by atoms with Crippen LogP contribution in [0.4, 0.5) is 0 Å². The van der Waals surface area contributed by atoms with Crippen molar-refractivity contribution < 1.29 is 4.79 Å². The first kappa shape index (κ1) is 17.5. The van der Waals surface area contributed by atoms with E-state index in [0.29, 0.717) is 0 Å². The van der Waals surface area contributed by atoms with Gasteiger partial charge in [0.15, 0.2) is 0 Å². The monoisotopic (exact) mass is 253 g/mol. The first-order valence-electron chi connectivity index (χ1n) is 5.66. The summed E-state index contributed by atoms with van der Waals surface area (Å²) in [7, 11) is 0. The number of primary amides is 1. The van der Waals surface area contributed by atoms with Gasteiger partial charge in [0, 0.05) is 0 Å². The van der Waals surface area contributed by atoms with Gasteiger partial charge in [0.05, 0.1) is 5.25 Å². The molecule has 0 rings (SSSR count). The Morgan fingerprint density at radius 2 is 1.60 bits per heavy atom. The molecule has 0 spiro atoms. The van der Waals surface area contributed by atoms with E-state index in [-0.39, 0.29) is 23.6 Å². The minimum atomic E-state index is -0.292. The topological polar surface area (TPSA) is 43.1 Å². The molecule has 0 radical (unpaired) electrons. The number of amides is 1. The summed E-state index contributed by atoms with van der Waals surface area (Å²) < 4.78 is 0. The van der Waals surface area contributed by atoms with Gasteiger partial charge < -0.3 is 5.73 Å². The average molecular weight is 254 g/mol. The molecule has 0 heterocycles. The van der Waals surface area contributed by atoms with Gasteiger partial charge in [-0.3, -0.25) is 4.79 Å². The summed E-state index contributed by atoms with van der Waals surface area (Å²) in [5.74, 6) is -0.292. The molecule has 0 fully saturated rings. The first-order chi connectivity index (χ1) is 6.68. The summed E-state index contributed by atoms with van der Waals surface area (Å²) in [6, 6.07) is 0. The van der Waals surface area contributed by atoms with E-state index in [2.05, 4.69) is 19.6 Å². The number of halogens is 1. The van der Waals surface area contributed by atoms with Crippen LogP contribution < -0.4 is 5.73 Å². The second-order valence-electron chi connectivity index (χ2n) is 3.83. The number of nitrogens with two attached hydrogens (primary N) is 1. The van der Waals surface area contributed by atoms with Gasteiger partial charge in [-0.1, -0.05) is 51.9 Å². The molecule has 0 aliphatic carbocycles. The van der Waals surface area contributed by atoms with Crippen molar-refractivity contribution in [3.05, 3.63) is 0 Å². The maximum atomic E-state index is 10.7. The highest BCUT2D eigenvalue weighted by atomic mass is 35.5. The van der Waals surface area contributed by atoms with Crippen molar-refractivity contribution in [1.82, 2.24) is 0 Å². The van der Waals surface area contributed by atoms with Crippen LogP contribution in [0.3, 0.4) is 0 Å². The lowest BCUT2D eigenvalue weighted by molar-refractivity contribution is -0.117. The number of rotatable bonds is 9. The number of unbranched alkanes of at least 4 members (excludes halogenated alkanes) is 6. The van der Waals surface area contributed by atoms with E-state index in [1.54, 1.807) is 0 Å². The Morgan fingerprint density at radius 3 is 2.07 bits per heavy atom. The van der Waals surface area contributed by atoms with Crippen LogP contribution in [0.2, 0.25) is 0 Å². The molecule has 2 N–H and O–H groups in total. The van der Waals surface area contributed by atoms with Crippen molar-refractivity contribution >= 4 is 30.9 Å². The van der Waals surface area contributed by atoms with Crippen LogP contribution in [0.5, 0.6) is 0 Å². The quantitative estimate of drug-likeness (QED) is 0.480. The molecule has 92 valence electrons. The molecule has 0 saturated carbocycles. The SMILES string of the molecule is CCCCCCCCCC(S)C(N)=O.Cl. The van der Waals surface area contributed by atoms with Crippen molar-refractivity contribution in [1.29, 1.82) is 0 Å². The maximum absolute atomic E-state index is 10.7. The van der Waals surface area contributed by atoms with Gasteiger partial charge in [-0.25, -0.2) is 0 Å². The van der Waals surface area contributed by atoms with Crippen LogP contribution in [0.25, 0.3) is 0 Å². The Hall–Kier alpha value is 0.110. The summed E-state index contributed by atoms with van der Waals surface area (Å²) in [5, 5.41) is -0.245. The van der Waals surface area contributed by atoms with E-state index in [4.69, 9.17) is 5.73 Å². The predicted octanol–water partition coefficient (Wildman–Crippen LogP) is 3.33. The van der Waals surface area contributed by atoms with Crippen LogP contribution in [0.15, 0.2) is 0 Å². The minimum absolute atomic E-state index is 0. The lowest BCUT2D eigenvalue weighted by Gasteiger charge is -2.05. The van der Waals surface area contributed by atoms with Crippen molar-refractivity contribution in [2.24, 2.45) is 5.73 Å². The lowest BCUT2D eigenvalue weighted by Crippen LogP contribution is -2.23. The number of hydrogen-bond donors (Lipinski definition) is 2. The van der Waals surface area contributed by atoms with Gasteiger partial charge in [-0.05, 0) is 6.42 Å². The molecule has 0 aliphatic rings. The molecule has 2 nitrogen and oxygen atoms in total. The Balaban J connectivity index is 0. The van der Waals surface area contributed by atoms with Crippen molar-refractivity contribution in [3.8, 4) is 0 Å². The van der Waals surface area contributed by atoms with Crippen molar-refractivity contribution in [3.63, 3.8) is 0 Å². The predicted molar refractivity (Wildman–Crippen MR) is 71.8 cm³/mol. The van der Waals surface area contributed by atoms with Gasteiger partial charge in [-0.2, -0.15) is 12.6 Å². The standard InChI is InChI=1S/C11H23NOS.ClH/c1-2-3-4-5-6-7-8-9-10(14)11(12)13;/h10,14H,2-9H2,1H3,(H2,12,13);1H. The van der Waals surface area contributed by atoms with E-state index < -0.39 is 0 Å². The highest BCUT2D eigenvalue weighted by molar-refractivity contribution is 7.81. The zero-order valence-electron chi connectivity index (χ0n) is 9.58. The summed E-state index contributed by atoms with van der Waals surface area (Å²) in [5.41, 5.74) is 5.10. The fraction of sp³-hybridized carbons (Fsp3) is 0.909. The van der Waals surface area contributed by atoms with Crippen LogP contribution in [0.1, 0.15) is 58.3 Å². The molecule has 0 saturated heterocycles. The Labute approximate surface area is 105 Å². The molecule has 0 aliphatic heterocycles. The molecule has 0 aromatic rings. The zero-order chi connectivity index (χ0) is 10.8. The molecule has 1 atom stereocenters. The summed E-state index contributed by atoms with van der Waals surface area (Å²) >= 11 is 4.11. The molecule has 15 heavy (non-hydrogen) atoms. The van der Waals surface area contributed by atoms with Crippen molar-refractivity contribution in [2.45, 2.75) is 63.5 Å². The number of thiol groups is 1. The lowest BCUT2D eigenvalue weighted by atomic mass is 10.1. The fourth-order valence-electron chi connectivity index (χ4n) is 1.44. The molecule has 1 amide bonds. The summed E-state index contributed by atoms with van der Waals surface area (Å²) in [6.07, 6.45) is 9.68. The number of carbonyl (C=O) groups is 1. The van der Waals surface area contributed by atoms with Gasteiger partial charge in [0.1, 0.15) is 0 Å². The van der Waals surface area contributed by atoms with Gasteiger partial charge >= 0.3 is 0 Å². The Morgan fingerprint density at radius 1 is 1.13 bits per heavy atom. The largest absolute Gasteiger partial charge is 0.369 e. The third kappa shape index (κ3) is 12.0. The molecule has 0 aromatic carbocycles. The number of hydrogen-bond acceptors (Lipinski definition) is 2. The van der Waals surface area contributed by atoms with Crippen LogP contribution in [-0.4, -0.2) is 11.2 Å². The zero-order valence-corrected chi connectivity index (χ0v) is 11.3. The molecular formula is C11H24ClNOS. The van der Waals surface area contributed by atoms with Crippen LogP contribution in [0, 0.1) is 0 Å². The van der Waals surface area contributed by atoms with E-state index in [1.165, 1.54) is 38.5 Å². The van der Waals surface area contributed by atoms with Gasteiger partial charge in [0.2, 0.25) is 5.91 Å². The third-order valence-electron chi connectivity index (χ3n) is 2.41. The van der Waals surface area contributed by atoms with Gasteiger partial charge in [0.25, 0.3) is 0 Å². The summed E-state index contributed by atoms with van der Waals surface area (Å²) in [4.78, 5) is 10.7. The van der Waals surface area contributed by atoms with E-state index in [0.717, 1.165) is 12.8 Å². The maximum Gasteiger partial charge on any atom is 0.230 e. The highest BCUT2D eigenvalue weighted by Gasteiger charge is 2.07. The second-order valence-corrected chi connectivity index (χ2v) is 4.45.